The SMILES string of the molecule is N#Cc1ccc(OCC2CCC(/C=C/Cl)CC2)cc1. The Morgan fingerprint density at radius 3 is 2.47 bits per heavy atom. The van der Waals surface area contributed by atoms with Crippen LogP contribution in [0.1, 0.15) is 31.2 Å². The van der Waals surface area contributed by atoms with E-state index < -0.39 is 0 Å². The number of hydrogen-bond acceptors (Lipinski definition) is 2. The van der Waals surface area contributed by atoms with Gasteiger partial charge in [-0.2, -0.15) is 5.26 Å². The molecule has 0 heterocycles. The number of rotatable bonds is 4. The third kappa shape index (κ3) is 4.29. The molecule has 19 heavy (non-hydrogen) atoms. The number of nitriles is 1. The molecule has 1 aliphatic carbocycles. The van der Waals surface area contributed by atoms with Crippen LogP contribution in [-0.2, 0) is 0 Å². The molecule has 0 atom stereocenters. The van der Waals surface area contributed by atoms with Crippen molar-refractivity contribution in [2.24, 2.45) is 11.8 Å². The fourth-order valence-corrected chi connectivity index (χ4v) is 2.70. The smallest absolute Gasteiger partial charge is 0.119 e. The zero-order valence-corrected chi connectivity index (χ0v) is 11.6. The molecule has 1 aromatic rings. The molecule has 0 unspecified atom stereocenters. The number of ether oxygens (including phenoxy) is 1. The Labute approximate surface area is 119 Å². The van der Waals surface area contributed by atoms with Crippen LogP contribution in [0.3, 0.4) is 0 Å². The summed E-state index contributed by atoms with van der Waals surface area (Å²) >= 11 is 5.61. The lowest BCUT2D eigenvalue weighted by atomic mass is 9.82. The van der Waals surface area contributed by atoms with Gasteiger partial charge in [-0.25, -0.2) is 0 Å². The van der Waals surface area contributed by atoms with Gasteiger partial charge in [0.2, 0.25) is 0 Å². The summed E-state index contributed by atoms with van der Waals surface area (Å²) < 4.78 is 5.79. The van der Waals surface area contributed by atoms with Crippen molar-refractivity contribution in [1.82, 2.24) is 0 Å². The van der Waals surface area contributed by atoms with E-state index >= 15 is 0 Å². The van der Waals surface area contributed by atoms with Crippen LogP contribution in [-0.4, -0.2) is 6.61 Å². The van der Waals surface area contributed by atoms with Crippen LogP contribution in [0.25, 0.3) is 0 Å². The molecule has 0 spiro atoms. The fourth-order valence-electron chi connectivity index (χ4n) is 2.49. The van der Waals surface area contributed by atoms with Crippen LogP contribution in [0.15, 0.2) is 35.9 Å². The lowest BCUT2D eigenvalue weighted by Gasteiger charge is -2.26. The maximum absolute atomic E-state index is 8.73. The average molecular weight is 276 g/mol. The minimum atomic E-state index is 0.635. The molecule has 0 N–H and O–H groups in total. The van der Waals surface area contributed by atoms with Crippen molar-refractivity contribution in [1.29, 1.82) is 5.26 Å². The van der Waals surface area contributed by atoms with Gasteiger partial charge in [-0.3, -0.25) is 0 Å². The number of benzene rings is 1. The van der Waals surface area contributed by atoms with Gasteiger partial charge in [-0.1, -0.05) is 17.7 Å². The highest BCUT2D eigenvalue weighted by atomic mass is 35.5. The first-order chi connectivity index (χ1) is 9.31. The van der Waals surface area contributed by atoms with Gasteiger partial charge in [0, 0.05) is 5.54 Å². The van der Waals surface area contributed by atoms with Gasteiger partial charge >= 0.3 is 0 Å². The topological polar surface area (TPSA) is 33.0 Å². The molecule has 1 aliphatic rings. The third-order valence-electron chi connectivity index (χ3n) is 3.71. The molecule has 0 bridgehead atoms. The van der Waals surface area contributed by atoms with E-state index in [2.05, 4.69) is 12.1 Å². The molecule has 0 saturated heterocycles. The number of hydrogen-bond donors (Lipinski definition) is 0. The van der Waals surface area contributed by atoms with Crippen LogP contribution in [0, 0.1) is 23.2 Å². The normalized spacial score (nSPS) is 23.2. The van der Waals surface area contributed by atoms with Crippen molar-refractivity contribution in [3.8, 4) is 11.8 Å². The minimum absolute atomic E-state index is 0.635. The second-order valence-corrected chi connectivity index (χ2v) is 5.30. The Morgan fingerprint density at radius 2 is 1.89 bits per heavy atom. The second-order valence-electron chi connectivity index (χ2n) is 5.05. The van der Waals surface area contributed by atoms with E-state index in [1.54, 1.807) is 17.7 Å². The summed E-state index contributed by atoms with van der Waals surface area (Å²) in [6.45, 7) is 0.767. The summed E-state index contributed by atoms with van der Waals surface area (Å²) in [5.41, 5.74) is 2.30. The maximum Gasteiger partial charge on any atom is 0.119 e. The van der Waals surface area contributed by atoms with Crippen molar-refractivity contribution >= 4 is 11.6 Å². The average Bonchev–Trinajstić information content (AvgIpc) is 2.47. The minimum Gasteiger partial charge on any atom is -0.493 e. The number of allylic oxidation sites excluding steroid dienone is 1. The van der Waals surface area contributed by atoms with Gasteiger partial charge in [-0.15, -0.1) is 0 Å². The first-order valence-electron chi connectivity index (χ1n) is 6.71. The van der Waals surface area contributed by atoms with Crippen LogP contribution in [0.2, 0.25) is 0 Å². The van der Waals surface area contributed by atoms with Crippen LogP contribution in [0.5, 0.6) is 5.75 Å². The third-order valence-corrected chi connectivity index (χ3v) is 3.85. The molecule has 2 rings (SSSR count). The standard InChI is InChI=1S/C16H18ClNO/c17-10-9-13-1-3-15(4-2-13)12-19-16-7-5-14(11-18)6-8-16/h5-10,13,15H,1-4,12H2/b10-9+. The fraction of sp³-hybridized carbons (Fsp3) is 0.438. The first kappa shape index (κ1) is 14.0. The largest absolute Gasteiger partial charge is 0.493 e. The van der Waals surface area contributed by atoms with E-state index in [9.17, 15) is 0 Å². The van der Waals surface area contributed by atoms with Gasteiger partial charge in [-0.05, 0) is 61.8 Å². The highest BCUT2D eigenvalue weighted by Gasteiger charge is 2.19. The van der Waals surface area contributed by atoms with Crippen molar-refractivity contribution in [2.45, 2.75) is 25.7 Å². The molecule has 0 aromatic heterocycles. The van der Waals surface area contributed by atoms with Gasteiger partial charge in [0.05, 0.1) is 18.2 Å². The van der Waals surface area contributed by atoms with Gasteiger partial charge < -0.3 is 4.74 Å². The lowest BCUT2D eigenvalue weighted by Crippen LogP contribution is -2.19. The summed E-state index contributed by atoms with van der Waals surface area (Å²) in [6, 6.07) is 9.41. The Balaban J connectivity index is 1.75. The zero-order chi connectivity index (χ0) is 13.5. The van der Waals surface area contributed by atoms with E-state index in [0.717, 1.165) is 12.4 Å². The summed E-state index contributed by atoms with van der Waals surface area (Å²) in [5, 5.41) is 8.73. The van der Waals surface area contributed by atoms with Crippen molar-refractivity contribution in [3.05, 3.63) is 41.4 Å². The van der Waals surface area contributed by atoms with E-state index in [0.29, 0.717) is 17.4 Å². The number of nitrogens with zero attached hydrogens (tertiary/aromatic N) is 1. The van der Waals surface area contributed by atoms with Crippen molar-refractivity contribution in [2.75, 3.05) is 6.61 Å². The molecule has 1 saturated carbocycles. The van der Waals surface area contributed by atoms with Crippen molar-refractivity contribution < 1.29 is 4.74 Å². The van der Waals surface area contributed by atoms with Crippen LogP contribution < -0.4 is 4.74 Å². The molecule has 1 fully saturated rings. The molecule has 3 heteroatoms. The molecule has 0 radical (unpaired) electrons. The molecule has 2 nitrogen and oxygen atoms in total. The first-order valence-corrected chi connectivity index (χ1v) is 7.15. The Hall–Kier alpha value is -1.46. The summed E-state index contributed by atoms with van der Waals surface area (Å²) in [6.07, 6.45) is 6.89. The quantitative estimate of drug-likeness (QED) is 0.811. The Bertz CT molecular complexity index is 453. The van der Waals surface area contributed by atoms with Gasteiger partial charge in [0.1, 0.15) is 5.75 Å². The molecule has 0 amide bonds. The molecule has 1 aromatic carbocycles. The molecular weight excluding hydrogens is 258 g/mol. The Kier molecular flexibility index (Phi) is 5.30. The predicted octanol–water partition coefficient (Wildman–Crippen LogP) is 4.50. The lowest BCUT2D eigenvalue weighted by molar-refractivity contribution is 0.194. The monoisotopic (exact) mass is 275 g/mol. The van der Waals surface area contributed by atoms with Crippen molar-refractivity contribution in [3.63, 3.8) is 0 Å². The number of halogens is 1. The van der Waals surface area contributed by atoms with Gasteiger partial charge in [0.15, 0.2) is 0 Å². The zero-order valence-electron chi connectivity index (χ0n) is 10.9. The molecule has 0 aliphatic heterocycles. The summed E-state index contributed by atoms with van der Waals surface area (Å²) in [5.74, 6) is 2.13. The van der Waals surface area contributed by atoms with E-state index in [1.165, 1.54) is 25.7 Å². The Morgan fingerprint density at radius 1 is 1.21 bits per heavy atom. The summed E-state index contributed by atoms with van der Waals surface area (Å²) in [4.78, 5) is 0. The molecular formula is C16H18ClNO. The predicted molar refractivity (Wildman–Crippen MR) is 77.1 cm³/mol. The van der Waals surface area contributed by atoms with E-state index in [1.807, 2.05) is 12.1 Å². The summed E-state index contributed by atoms with van der Waals surface area (Å²) in [7, 11) is 0. The second kappa shape index (κ2) is 7.21. The highest BCUT2D eigenvalue weighted by molar-refractivity contribution is 6.25. The molecule has 100 valence electrons. The van der Waals surface area contributed by atoms with Gasteiger partial charge in [0.25, 0.3) is 0 Å². The highest BCUT2D eigenvalue weighted by Crippen LogP contribution is 2.30. The van der Waals surface area contributed by atoms with E-state index in [4.69, 9.17) is 21.6 Å². The maximum atomic E-state index is 8.73. The van der Waals surface area contributed by atoms with E-state index in [-0.39, 0.29) is 0 Å². The van der Waals surface area contributed by atoms with Crippen LogP contribution in [0.4, 0.5) is 0 Å². The van der Waals surface area contributed by atoms with Crippen LogP contribution >= 0.6 is 11.6 Å².